The first kappa shape index (κ1) is 23.5. The number of carbonyl (C=O) groups is 3. The number of esters is 1. The third kappa shape index (κ3) is 6.67. The van der Waals surface area contributed by atoms with Crippen LogP contribution in [0.1, 0.15) is 31.1 Å². The average Bonchev–Trinajstić information content (AvgIpc) is 2.79. The molecule has 170 valence electrons. The van der Waals surface area contributed by atoms with Gasteiger partial charge in [0.15, 0.2) is 6.61 Å². The predicted octanol–water partition coefficient (Wildman–Crippen LogP) is 4.99. The van der Waals surface area contributed by atoms with E-state index in [9.17, 15) is 14.4 Å². The molecule has 0 spiro atoms. The van der Waals surface area contributed by atoms with E-state index in [1.54, 1.807) is 12.1 Å². The van der Waals surface area contributed by atoms with Crippen molar-refractivity contribution in [1.29, 1.82) is 0 Å². The first-order valence-electron chi connectivity index (χ1n) is 10.6. The van der Waals surface area contributed by atoms with Gasteiger partial charge in [0.25, 0.3) is 5.91 Å². The van der Waals surface area contributed by atoms with Gasteiger partial charge in [0.05, 0.1) is 5.56 Å². The van der Waals surface area contributed by atoms with Crippen LogP contribution < -0.4 is 15.5 Å². The number of ether oxygens (including phenoxy) is 1. The van der Waals surface area contributed by atoms with Crippen molar-refractivity contribution >= 4 is 40.5 Å². The van der Waals surface area contributed by atoms with Gasteiger partial charge >= 0.3 is 5.97 Å². The number of nitrogens with one attached hydrogen (secondary N) is 2. The molecule has 2 N–H and O–H groups in total. The molecule has 3 aromatic rings. The largest absolute Gasteiger partial charge is 0.452 e. The second-order valence-corrected chi connectivity index (χ2v) is 7.73. The molecule has 33 heavy (non-hydrogen) atoms. The highest BCUT2D eigenvalue weighted by atomic mass is 16.5. The summed E-state index contributed by atoms with van der Waals surface area (Å²) < 4.78 is 5.09. The zero-order valence-corrected chi connectivity index (χ0v) is 18.9. The standard InChI is InChI=1S/C26H27N3O4/c1-18(2)29(23-7-5-4-6-8-23)24-15-13-22(14-16-24)28-25(31)17-33-26(32)20-9-11-21(12-10-20)27-19(3)30/h4-16,18H,17H2,1-3H3,(H,27,30)(H,28,31). The van der Waals surface area contributed by atoms with Crippen LogP contribution in [-0.4, -0.2) is 30.4 Å². The van der Waals surface area contributed by atoms with Crippen LogP contribution in [0.5, 0.6) is 0 Å². The van der Waals surface area contributed by atoms with E-state index in [2.05, 4.69) is 41.5 Å². The lowest BCUT2D eigenvalue weighted by molar-refractivity contribution is -0.119. The van der Waals surface area contributed by atoms with Gasteiger partial charge in [-0.15, -0.1) is 0 Å². The Balaban J connectivity index is 1.55. The lowest BCUT2D eigenvalue weighted by atomic mass is 10.2. The first-order chi connectivity index (χ1) is 15.8. The number of nitrogens with zero attached hydrogens (tertiary/aromatic N) is 1. The first-order valence-corrected chi connectivity index (χ1v) is 10.6. The molecular weight excluding hydrogens is 418 g/mol. The number of benzene rings is 3. The quantitative estimate of drug-likeness (QED) is 0.477. The van der Waals surface area contributed by atoms with E-state index in [1.165, 1.54) is 19.1 Å². The number of hydrogen-bond donors (Lipinski definition) is 2. The van der Waals surface area contributed by atoms with E-state index in [0.717, 1.165) is 11.4 Å². The van der Waals surface area contributed by atoms with Gasteiger partial charge in [-0.2, -0.15) is 0 Å². The summed E-state index contributed by atoms with van der Waals surface area (Å²) in [4.78, 5) is 37.6. The number of hydrogen-bond acceptors (Lipinski definition) is 5. The summed E-state index contributed by atoms with van der Waals surface area (Å²) in [6.07, 6.45) is 0. The number of para-hydroxylation sites is 1. The maximum Gasteiger partial charge on any atom is 0.338 e. The molecule has 0 aliphatic heterocycles. The fourth-order valence-corrected chi connectivity index (χ4v) is 3.34. The van der Waals surface area contributed by atoms with Crippen molar-refractivity contribution in [2.75, 3.05) is 22.1 Å². The van der Waals surface area contributed by atoms with E-state index in [1.807, 2.05) is 42.5 Å². The predicted molar refractivity (Wildman–Crippen MR) is 130 cm³/mol. The number of carbonyl (C=O) groups excluding carboxylic acids is 3. The summed E-state index contributed by atoms with van der Waals surface area (Å²) in [6.45, 7) is 5.23. The van der Waals surface area contributed by atoms with Crippen LogP contribution in [0.4, 0.5) is 22.7 Å². The topological polar surface area (TPSA) is 87.7 Å². The molecule has 0 fully saturated rings. The monoisotopic (exact) mass is 445 g/mol. The Bertz CT molecular complexity index is 1090. The minimum atomic E-state index is -0.620. The highest BCUT2D eigenvalue weighted by Crippen LogP contribution is 2.28. The van der Waals surface area contributed by atoms with Crippen LogP contribution in [0.3, 0.4) is 0 Å². The summed E-state index contributed by atoms with van der Waals surface area (Å²) in [5, 5.41) is 5.35. The van der Waals surface area contributed by atoms with Crippen molar-refractivity contribution in [2.45, 2.75) is 26.8 Å². The number of rotatable bonds is 8. The third-order valence-corrected chi connectivity index (χ3v) is 4.76. The van der Waals surface area contributed by atoms with Gasteiger partial charge in [0, 0.05) is 35.7 Å². The molecular formula is C26H27N3O4. The van der Waals surface area contributed by atoms with Crippen molar-refractivity contribution in [3.8, 4) is 0 Å². The van der Waals surface area contributed by atoms with Crippen molar-refractivity contribution in [2.24, 2.45) is 0 Å². The molecule has 0 unspecified atom stereocenters. The molecule has 2 amide bonds. The molecule has 0 saturated heterocycles. The summed E-state index contributed by atoms with van der Waals surface area (Å²) in [5.74, 6) is -1.26. The fourth-order valence-electron chi connectivity index (χ4n) is 3.34. The second kappa shape index (κ2) is 10.9. The Labute approximate surface area is 193 Å². The summed E-state index contributed by atoms with van der Waals surface area (Å²) in [6, 6.07) is 24.1. The highest BCUT2D eigenvalue weighted by Gasteiger charge is 2.14. The summed E-state index contributed by atoms with van der Waals surface area (Å²) in [7, 11) is 0. The SMILES string of the molecule is CC(=O)Nc1ccc(C(=O)OCC(=O)Nc2ccc(N(c3ccccc3)C(C)C)cc2)cc1. The molecule has 0 bridgehead atoms. The minimum absolute atomic E-state index is 0.202. The van der Waals surface area contributed by atoms with E-state index in [4.69, 9.17) is 4.74 Å². The Morgan fingerprint density at radius 1 is 0.788 bits per heavy atom. The highest BCUT2D eigenvalue weighted by molar-refractivity contribution is 5.96. The van der Waals surface area contributed by atoms with E-state index in [-0.39, 0.29) is 17.5 Å². The molecule has 7 nitrogen and oxygen atoms in total. The van der Waals surface area contributed by atoms with Crippen molar-refractivity contribution in [3.63, 3.8) is 0 Å². The Morgan fingerprint density at radius 3 is 1.91 bits per heavy atom. The lowest BCUT2D eigenvalue weighted by Crippen LogP contribution is -2.25. The van der Waals surface area contributed by atoms with Crippen molar-refractivity contribution < 1.29 is 19.1 Å². The van der Waals surface area contributed by atoms with Gasteiger partial charge in [-0.1, -0.05) is 18.2 Å². The Morgan fingerprint density at radius 2 is 1.33 bits per heavy atom. The fraction of sp³-hybridized carbons (Fsp3) is 0.192. The van der Waals surface area contributed by atoms with Crippen molar-refractivity contribution in [1.82, 2.24) is 0 Å². The molecule has 3 rings (SSSR count). The lowest BCUT2D eigenvalue weighted by Gasteiger charge is -2.29. The maximum absolute atomic E-state index is 12.2. The molecule has 0 aliphatic carbocycles. The molecule has 7 heteroatoms. The van der Waals surface area contributed by atoms with Gasteiger partial charge in [-0.3, -0.25) is 9.59 Å². The second-order valence-electron chi connectivity index (χ2n) is 7.73. The van der Waals surface area contributed by atoms with Gasteiger partial charge in [-0.25, -0.2) is 4.79 Å². The molecule has 0 atom stereocenters. The van der Waals surface area contributed by atoms with Crippen molar-refractivity contribution in [3.05, 3.63) is 84.4 Å². The average molecular weight is 446 g/mol. The van der Waals surface area contributed by atoms with Crippen LogP contribution in [-0.2, 0) is 14.3 Å². The maximum atomic E-state index is 12.2. The molecule has 0 radical (unpaired) electrons. The molecule has 0 saturated carbocycles. The Kier molecular flexibility index (Phi) is 7.81. The van der Waals surface area contributed by atoms with E-state index >= 15 is 0 Å². The van der Waals surface area contributed by atoms with Crippen LogP contribution >= 0.6 is 0 Å². The van der Waals surface area contributed by atoms with Crippen LogP contribution in [0.2, 0.25) is 0 Å². The van der Waals surface area contributed by atoms with Gasteiger partial charge in [0.1, 0.15) is 0 Å². The number of anilines is 4. The summed E-state index contributed by atoms with van der Waals surface area (Å²) in [5.41, 5.74) is 3.56. The molecule has 0 aliphatic rings. The molecule has 0 aromatic heterocycles. The normalized spacial score (nSPS) is 10.4. The van der Waals surface area contributed by atoms with Crippen LogP contribution in [0, 0.1) is 0 Å². The van der Waals surface area contributed by atoms with E-state index in [0.29, 0.717) is 11.4 Å². The van der Waals surface area contributed by atoms with E-state index < -0.39 is 18.5 Å². The number of amides is 2. The Hall–Kier alpha value is -4.13. The van der Waals surface area contributed by atoms with Crippen LogP contribution in [0.25, 0.3) is 0 Å². The van der Waals surface area contributed by atoms with Crippen LogP contribution in [0.15, 0.2) is 78.9 Å². The zero-order chi connectivity index (χ0) is 23.8. The molecule has 0 heterocycles. The van der Waals surface area contributed by atoms with Gasteiger partial charge in [-0.05, 0) is 74.5 Å². The zero-order valence-electron chi connectivity index (χ0n) is 18.9. The molecule has 3 aromatic carbocycles. The third-order valence-electron chi connectivity index (χ3n) is 4.76. The van der Waals surface area contributed by atoms with Gasteiger partial charge in [0.2, 0.25) is 5.91 Å². The summed E-state index contributed by atoms with van der Waals surface area (Å²) >= 11 is 0. The van der Waals surface area contributed by atoms with Gasteiger partial charge < -0.3 is 20.3 Å². The smallest absolute Gasteiger partial charge is 0.338 e. The minimum Gasteiger partial charge on any atom is -0.452 e.